The second-order valence-electron chi connectivity index (χ2n) is 4.64. The molecule has 1 aliphatic heterocycles. The molecule has 1 fully saturated rings. The van der Waals surface area contributed by atoms with Crippen LogP contribution in [0.2, 0.25) is 0 Å². The van der Waals surface area contributed by atoms with Gasteiger partial charge in [0.05, 0.1) is 4.47 Å². The average Bonchev–Trinajstić information content (AvgIpc) is 3.20. The smallest absolute Gasteiger partial charge is 0.251 e. The van der Waals surface area contributed by atoms with Crippen LogP contribution in [0.25, 0.3) is 0 Å². The van der Waals surface area contributed by atoms with E-state index >= 15 is 0 Å². The predicted octanol–water partition coefficient (Wildman–Crippen LogP) is 2.36. The summed E-state index contributed by atoms with van der Waals surface area (Å²) in [5.74, 6) is 1.93. The van der Waals surface area contributed by atoms with Crippen molar-refractivity contribution in [3.63, 3.8) is 0 Å². The third kappa shape index (κ3) is 2.46. The number of amides is 1. The van der Waals surface area contributed by atoms with Crippen molar-refractivity contribution < 1.29 is 14.3 Å². The van der Waals surface area contributed by atoms with Gasteiger partial charge in [-0.25, -0.2) is 0 Å². The van der Waals surface area contributed by atoms with E-state index in [0.717, 1.165) is 11.0 Å². The SMILES string of the molecule is O=C(NCC1CC1)c1cc(Br)c2c(c1)OCCO2. The number of rotatable bonds is 3. The highest BCUT2D eigenvalue weighted by atomic mass is 79.9. The van der Waals surface area contributed by atoms with Crippen LogP contribution in [-0.2, 0) is 0 Å². The highest BCUT2D eigenvalue weighted by Gasteiger charge is 2.23. The number of ether oxygens (including phenoxy) is 2. The molecular formula is C13H14BrNO3. The van der Waals surface area contributed by atoms with E-state index in [2.05, 4.69) is 21.2 Å². The minimum atomic E-state index is -0.0560. The number of fused-ring (bicyclic) bond motifs is 1. The van der Waals surface area contributed by atoms with Gasteiger partial charge in [-0.05, 0) is 46.8 Å². The third-order valence-corrected chi connectivity index (χ3v) is 3.70. The Morgan fingerprint density at radius 2 is 2.11 bits per heavy atom. The van der Waals surface area contributed by atoms with Crippen LogP contribution in [0.4, 0.5) is 0 Å². The number of benzene rings is 1. The van der Waals surface area contributed by atoms with Crippen molar-refractivity contribution in [3.05, 3.63) is 22.2 Å². The molecule has 0 aromatic heterocycles. The maximum Gasteiger partial charge on any atom is 0.251 e. The fraction of sp³-hybridized carbons (Fsp3) is 0.462. The average molecular weight is 312 g/mol. The van der Waals surface area contributed by atoms with Gasteiger partial charge in [0.25, 0.3) is 5.91 Å². The first kappa shape index (κ1) is 11.8. The summed E-state index contributed by atoms with van der Waals surface area (Å²) in [6, 6.07) is 3.51. The Balaban J connectivity index is 1.78. The summed E-state index contributed by atoms with van der Waals surface area (Å²) in [7, 11) is 0. The van der Waals surface area contributed by atoms with E-state index in [4.69, 9.17) is 9.47 Å². The molecule has 1 aromatic rings. The summed E-state index contributed by atoms with van der Waals surface area (Å²) in [5, 5.41) is 2.94. The molecule has 0 radical (unpaired) electrons. The zero-order chi connectivity index (χ0) is 12.5. The molecule has 0 spiro atoms. The van der Waals surface area contributed by atoms with Crippen LogP contribution in [-0.4, -0.2) is 25.7 Å². The summed E-state index contributed by atoms with van der Waals surface area (Å²) >= 11 is 3.41. The third-order valence-electron chi connectivity index (χ3n) is 3.11. The molecule has 0 unspecified atom stereocenters. The Kier molecular flexibility index (Phi) is 3.16. The van der Waals surface area contributed by atoms with E-state index in [1.54, 1.807) is 12.1 Å². The predicted molar refractivity (Wildman–Crippen MR) is 70.2 cm³/mol. The van der Waals surface area contributed by atoms with Crippen LogP contribution in [0.5, 0.6) is 11.5 Å². The Labute approximate surface area is 114 Å². The molecule has 1 N–H and O–H groups in total. The van der Waals surface area contributed by atoms with E-state index in [-0.39, 0.29) is 5.91 Å². The van der Waals surface area contributed by atoms with Gasteiger partial charge in [-0.1, -0.05) is 0 Å². The molecule has 1 heterocycles. The quantitative estimate of drug-likeness (QED) is 0.932. The van der Waals surface area contributed by atoms with Gasteiger partial charge >= 0.3 is 0 Å². The molecule has 0 bridgehead atoms. The lowest BCUT2D eigenvalue weighted by atomic mass is 10.1. The topological polar surface area (TPSA) is 47.6 Å². The zero-order valence-corrected chi connectivity index (χ0v) is 11.5. The standard InChI is InChI=1S/C13H14BrNO3/c14-10-5-9(13(16)15-7-8-1-2-8)6-11-12(10)18-4-3-17-11/h5-6,8H,1-4,7H2,(H,15,16). The Morgan fingerprint density at radius 1 is 1.33 bits per heavy atom. The van der Waals surface area contributed by atoms with Crippen LogP contribution in [0, 0.1) is 5.92 Å². The van der Waals surface area contributed by atoms with E-state index in [1.165, 1.54) is 12.8 Å². The lowest BCUT2D eigenvalue weighted by molar-refractivity contribution is 0.0950. The van der Waals surface area contributed by atoms with Crippen LogP contribution < -0.4 is 14.8 Å². The first-order valence-corrected chi connectivity index (χ1v) is 6.90. The van der Waals surface area contributed by atoms with Crippen LogP contribution in [0.15, 0.2) is 16.6 Å². The molecule has 5 heteroatoms. The second-order valence-corrected chi connectivity index (χ2v) is 5.49. The highest BCUT2D eigenvalue weighted by Crippen LogP contribution is 2.38. The van der Waals surface area contributed by atoms with Crippen molar-refractivity contribution in [2.45, 2.75) is 12.8 Å². The minimum absolute atomic E-state index is 0.0560. The zero-order valence-electron chi connectivity index (χ0n) is 9.87. The fourth-order valence-electron chi connectivity index (χ4n) is 1.90. The largest absolute Gasteiger partial charge is 0.486 e. The molecule has 3 rings (SSSR count). The molecule has 1 amide bonds. The van der Waals surface area contributed by atoms with Gasteiger partial charge in [-0.15, -0.1) is 0 Å². The van der Waals surface area contributed by atoms with Crippen molar-refractivity contribution in [3.8, 4) is 11.5 Å². The molecular weight excluding hydrogens is 298 g/mol. The number of hydrogen-bond acceptors (Lipinski definition) is 3. The molecule has 18 heavy (non-hydrogen) atoms. The van der Waals surface area contributed by atoms with Crippen molar-refractivity contribution in [2.24, 2.45) is 5.92 Å². The molecule has 1 aliphatic carbocycles. The number of nitrogens with one attached hydrogen (secondary N) is 1. The first-order chi connectivity index (χ1) is 8.74. The van der Waals surface area contributed by atoms with Crippen molar-refractivity contribution in [1.29, 1.82) is 0 Å². The normalized spacial score (nSPS) is 17.4. The van der Waals surface area contributed by atoms with Crippen LogP contribution >= 0.6 is 15.9 Å². The minimum Gasteiger partial charge on any atom is -0.486 e. The summed E-state index contributed by atoms with van der Waals surface area (Å²) in [6.45, 7) is 1.83. The van der Waals surface area contributed by atoms with Gasteiger partial charge in [0.15, 0.2) is 11.5 Å². The van der Waals surface area contributed by atoms with Gasteiger partial charge in [0.2, 0.25) is 0 Å². The molecule has 1 saturated carbocycles. The molecule has 2 aliphatic rings. The summed E-state index contributed by atoms with van der Waals surface area (Å²) in [6.07, 6.45) is 2.45. The Bertz CT molecular complexity index is 485. The van der Waals surface area contributed by atoms with E-state index in [0.29, 0.717) is 36.2 Å². The van der Waals surface area contributed by atoms with Gasteiger partial charge in [-0.2, -0.15) is 0 Å². The van der Waals surface area contributed by atoms with Crippen molar-refractivity contribution in [2.75, 3.05) is 19.8 Å². The Hall–Kier alpha value is -1.23. The van der Waals surface area contributed by atoms with Gasteiger partial charge in [-0.3, -0.25) is 4.79 Å². The van der Waals surface area contributed by atoms with Crippen LogP contribution in [0.1, 0.15) is 23.2 Å². The number of carbonyl (C=O) groups excluding carboxylic acids is 1. The molecule has 4 nitrogen and oxygen atoms in total. The summed E-state index contributed by atoms with van der Waals surface area (Å²) in [4.78, 5) is 12.0. The summed E-state index contributed by atoms with van der Waals surface area (Å²) in [5.41, 5.74) is 0.603. The number of carbonyl (C=O) groups is 1. The van der Waals surface area contributed by atoms with Crippen LogP contribution in [0.3, 0.4) is 0 Å². The Morgan fingerprint density at radius 3 is 2.89 bits per heavy atom. The lowest BCUT2D eigenvalue weighted by Crippen LogP contribution is -2.26. The van der Waals surface area contributed by atoms with E-state index < -0.39 is 0 Å². The first-order valence-electron chi connectivity index (χ1n) is 6.11. The molecule has 0 atom stereocenters. The highest BCUT2D eigenvalue weighted by molar-refractivity contribution is 9.10. The van der Waals surface area contributed by atoms with E-state index in [9.17, 15) is 4.79 Å². The van der Waals surface area contributed by atoms with Gasteiger partial charge in [0.1, 0.15) is 13.2 Å². The fourth-order valence-corrected chi connectivity index (χ4v) is 2.46. The van der Waals surface area contributed by atoms with Crippen molar-refractivity contribution >= 4 is 21.8 Å². The van der Waals surface area contributed by atoms with Gasteiger partial charge < -0.3 is 14.8 Å². The van der Waals surface area contributed by atoms with Crippen molar-refractivity contribution in [1.82, 2.24) is 5.32 Å². The maximum atomic E-state index is 12.0. The lowest BCUT2D eigenvalue weighted by Gasteiger charge is -2.20. The monoisotopic (exact) mass is 311 g/mol. The number of hydrogen-bond donors (Lipinski definition) is 1. The maximum absolute atomic E-state index is 12.0. The molecule has 1 aromatic carbocycles. The second kappa shape index (κ2) is 4.80. The molecule has 96 valence electrons. The number of halogens is 1. The van der Waals surface area contributed by atoms with E-state index in [1.807, 2.05) is 0 Å². The summed E-state index contributed by atoms with van der Waals surface area (Å²) < 4.78 is 11.8. The van der Waals surface area contributed by atoms with Gasteiger partial charge in [0, 0.05) is 12.1 Å². The molecule has 0 saturated heterocycles.